The molecule has 3 N–H and O–H groups in total. The highest BCUT2D eigenvalue weighted by Gasteiger charge is 2.31. The lowest BCUT2D eigenvalue weighted by atomic mass is 10.3. The summed E-state index contributed by atoms with van der Waals surface area (Å²) in [4.78, 5) is 40.7. The van der Waals surface area contributed by atoms with Crippen molar-refractivity contribution in [2.45, 2.75) is 16.4 Å². The minimum Gasteiger partial charge on any atom is -0.440 e. The number of pyridine rings is 1. The summed E-state index contributed by atoms with van der Waals surface area (Å²) >= 11 is 2.25. The number of ether oxygens (including phenoxy) is 1. The highest BCUT2D eigenvalue weighted by molar-refractivity contribution is 8.01. The van der Waals surface area contributed by atoms with Crippen molar-refractivity contribution >= 4 is 51.8 Å². The van der Waals surface area contributed by atoms with E-state index in [-0.39, 0.29) is 10.6 Å². The molecule has 1 atom stereocenters. The number of thiophene rings is 1. The molecule has 2 aromatic rings. The van der Waals surface area contributed by atoms with Crippen LogP contribution in [0.2, 0.25) is 0 Å². The number of nitrogens with zero attached hydrogens (tertiary/aromatic N) is 1. The van der Waals surface area contributed by atoms with Gasteiger partial charge in [-0.2, -0.15) is 13.2 Å². The van der Waals surface area contributed by atoms with Gasteiger partial charge >= 0.3 is 12.3 Å². The van der Waals surface area contributed by atoms with Crippen molar-refractivity contribution in [3.8, 4) is 0 Å². The van der Waals surface area contributed by atoms with Crippen molar-refractivity contribution in [3.05, 3.63) is 35.3 Å². The molecule has 1 aliphatic heterocycles. The highest BCUT2D eigenvalue weighted by atomic mass is 32.2. The molecular formula is C15H11F3N4O4S2. The van der Waals surface area contributed by atoms with Crippen LogP contribution in [-0.4, -0.2) is 41.0 Å². The summed E-state index contributed by atoms with van der Waals surface area (Å²) in [6.07, 6.45) is -4.67. The zero-order valence-electron chi connectivity index (χ0n) is 13.7. The molecule has 0 spiro atoms. The molecule has 0 fully saturated rings. The van der Waals surface area contributed by atoms with Gasteiger partial charge in [0.25, 0.3) is 11.8 Å². The first-order valence-electron chi connectivity index (χ1n) is 7.54. The van der Waals surface area contributed by atoms with Crippen LogP contribution in [0, 0.1) is 0 Å². The molecule has 0 aliphatic carbocycles. The first-order valence-corrected chi connectivity index (χ1v) is 9.30. The van der Waals surface area contributed by atoms with Gasteiger partial charge in [-0.15, -0.1) is 11.3 Å². The number of amides is 3. The number of alkyl halides is 3. The van der Waals surface area contributed by atoms with E-state index in [4.69, 9.17) is 0 Å². The van der Waals surface area contributed by atoms with Crippen LogP contribution >= 0.6 is 23.1 Å². The molecule has 2 aromatic heterocycles. The maximum atomic E-state index is 12.4. The van der Waals surface area contributed by atoms with Gasteiger partial charge in [0.2, 0.25) is 0 Å². The number of anilines is 2. The quantitative estimate of drug-likeness (QED) is 0.681. The van der Waals surface area contributed by atoms with E-state index in [1.54, 1.807) is 23.6 Å². The van der Waals surface area contributed by atoms with E-state index in [1.807, 2.05) is 0 Å². The van der Waals surface area contributed by atoms with Gasteiger partial charge in [0.1, 0.15) is 10.8 Å². The Morgan fingerprint density at radius 3 is 2.79 bits per heavy atom. The van der Waals surface area contributed by atoms with Crippen molar-refractivity contribution in [2.75, 3.05) is 17.2 Å². The number of fused-ring (bicyclic) bond motifs is 1. The van der Waals surface area contributed by atoms with Gasteiger partial charge in [-0.1, -0.05) is 11.8 Å². The third kappa shape index (κ3) is 4.92. The van der Waals surface area contributed by atoms with Crippen LogP contribution in [-0.2, 0) is 9.53 Å². The number of carbonyl (C=O) groups excluding carboxylic acids is 3. The van der Waals surface area contributed by atoms with Crippen LogP contribution in [0.25, 0.3) is 0 Å². The van der Waals surface area contributed by atoms with Crippen LogP contribution in [0.1, 0.15) is 10.4 Å². The van der Waals surface area contributed by atoms with Crippen molar-refractivity contribution in [2.24, 2.45) is 0 Å². The zero-order valence-corrected chi connectivity index (χ0v) is 15.3. The molecule has 148 valence electrons. The maximum absolute atomic E-state index is 12.4. The van der Waals surface area contributed by atoms with Gasteiger partial charge in [-0.25, -0.2) is 9.78 Å². The monoisotopic (exact) mass is 432 g/mol. The number of aromatic nitrogens is 1. The largest absolute Gasteiger partial charge is 0.440 e. The number of hydrogen-bond donors (Lipinski definition) is 3. The first kappa shape index (κ1) is 19.9. The molecule has 8 nitrogen and oxygen atoms in total. The maximum Gasteiger partial charge on any atom is 0.422 e. The molecule has 1 unspecified atom stereocenters. The van der Waals surface area contributed by atoms with E-state index >= 15 is 0 Å². The van der Waals surface area contributed by atoms with Crippen molar-refractivity contribution in [1.82, 2.24) is 10.3 Å². The molecule has 0 saturated carbocycles. The molecule has 28 heavy (non-hydrogen) atoms. The Bertz CT molecular complexity index is 894. The molecule has 0 bridgehead atoms. The van der Waals surface area contributed by atoms with E-state index in [2.05, 4.69) is 20.4 Å². The number of nitrogens with one attached hydrogen (secondary N) is 3. The fraction of sp³-hybridized carbons (Fsp3) is 0.200. The van der Waals surface area contributed by atoms with Crippen LogP contribution in [0.5, 0.6) is 0 Å². The summed E-state index contributed by atoms with van der Waals surface area (Å²) in [7, 11) is 0. The van der Waals surface area contributed by atoms with E-state index in [1.165, 1.54) is 23.2 Å². The normalized spacial score (nSPS) is 15.3. The zero-order chi connectivity index (χ0) is 20.3. The summed E-state index contributed by atoms with van der Waals surface area (Å²) in [6, 6.07) is 4.84. The first-order chi connectivity index (χ1) is 13.2. The topological polar surface area (TPSA) is 109 Å². The third-order valence-electron chi connectivity index (χ3n) is 3.25. The van der Waals surface area contributed by atoms with Gasteiger partial charge in [-0.05, 0) is 23.6 Å². The van der Waals surface area contributed by atoms with Crippen molar-refractivity contribution < 1.29 is 32.3 Å². The van der Waals surface area contributed by atoms with E-state index in [0.717, 1.165) is 16.2 Å². The number of hydrogen-bond acceptors (Lipinski definition) is 8. The second kappa shape index (κ2) is 8.06. The number of thioether (sulfide) groups is 1. The van der Waals surface area contributed by atoms with Crippen LogP contribution in [0.3, 0.4) is 0 Å². The number of imide groups is 1. The lowest BCUT2D eigenvalue weighted by Crippen LogP contribution is -2.34. The Morgan fingerprint density at radius 1 is 1.29 bits per heavy atom. The molecule has 3 heterocycles. The Hall–Kier alpha value is -2.80. The lowest BCUT2D eigenvalue weighted by Gasteiger charge is -2.11. The summed E-state index contributed by atoms with van der Waals surface area (Å²) in [5, 5.41) is 8.09. The summed E-state index contributed by atoms with van der Waals surface area (Å²) in [6.45, 7) is -1.82. The Labute approximate surface area is 163 Å². The SMILES string of the molecule is O=C(NC(=O)c1ccsc1NC(=O)C1Nc2ncccc2S1)OCC(F)(F)F. The fourth-order valence-electron chi connectivity index (χ4n) is 2.10. The van der Waals surface area contributed by atoms with Gasteiger partial charge in [0.05, 0.1) is 10.5 Å². The van der Waals surface area contributed by atoms with Crippen LogP contribution in [0.4, 0.5) is 28.8 Å². The molecule has 0 radical (unpaired) electrons. The number of alkyl carbamates (subject to hydrolysis) is 1. The van der Waals surface area contributed by atoms with Gasteiger partial charge in [0, 0.05) is 6.20 Å². The molecule has 13 heteroatoms. The Morgan fingerprint density at radius 2 is 2.07 bits per heavy atom. The average Bonchev–Trinajstić information content (AvgIpc) is 3.25. The highest BCUT2D eigenvalue weighted by Crippen LogP contribution is 2.37. The minimum atomic E-state index is -4.71. The summed E-state index contributed by atoms with van der Waals surface area (Å²) in [5.41, 5.74) is -0.0825. The van der Waals surface area contributed by atoms with Gasteiger partial charge < -0.3 is 15.4 Å². The standard InChI is InChI=1S/C15H11F3N4O4S2/c16-15(17,18)6-26-14(25)22-10(23)7-3-5-27-12(7)21-11(24)13-20-9-8(28-13)2-1-4-19-9/h1-5,13H,6H2,(H,19,20)(H,21,24)(H,22,23,25). The summed E-state index contributed by atoms with van der Waals surface area (Å²) in [5.74, 6) is -0.899. The molecule has 3 amide bonds. The fourth-order valence-corrected chi connectivity index (χ4v) is 3.86. The smallest absolute Gasteiger partial charge is 0.422 e. The molecule has 0 aromatic carbocycles. The molecule has 3 rings (SSSR count). The predicted octanol–water partition coefficient (Wildman–Crippen LogP) is 3.05. The second-order valence-electron chi connectivity index (χ2n) is 5.29. The number of carbonyl (C=O) groups is 3. The second-order valence-corrected chi connectivity index (χ2v) is 7.35. The predicted molar refractivity (Wildman–Crippen MR) is 95.3 cm³/mol. The van der Waals surface area contributed by atoms with E-state index in [9.17, 15) is 27.6 Å². The van der Waals surface area contributed by atoms with Gasteiger partial charge in [0.15, 0.2) is 12.0 Å². The Kier molecular flexibility index (Phi) is 5.74. The molecule has 1 aliphatic rings. The average molecular weight is 432 g/mol. The molecule has 0 saturated heterocycles. The van der Waals surface area contributed by atoms with E-state index < -0.39 is 36.1 Å². The number of halogens is 3. The van der Waals surface area contributed by atoms with Crippen molar-refractivity contribution in [1.29, 1.82) is 0 Å². The van der Waals surface area contributed by atoms with Gasteiger partial charge in [-0.3, -0.25) is 14.9 Å². The van der Waals surface area contributed by atoms with E-state index in [0.29, 0.717) is 5.82 Å². The molecular weight excluding hydrogens is 421 g/mol. The van der Waals surface area contributed by atoms with Crippen molar-refractivity contribution in [3.63, 3.8) is 0 Å². The lowest BCUT2D eigenvalue weighted by molar-refractivity contribution is -0.160. The minimum absolute atomic E-state index is 0.0825. The Balaban J connectivity index is 1.58. The number of rotatable bonds is 4. The van der Waals surface area contributed by atoms with Crippen LogP contribution < -0.4 is 16.0 Å². The third-order valence-corrected chi connectivity index (χ3v) is 5.23. The van der Waals surface area contributed by atoms with Crippen LogP contribution in [0.15, 0.2) is 34.7 Å². The summed E-state index contributed by atoms with van der Waals surface area (Å²) < 4.78 is 40.0.